The van der Waals surface area contributed by atoms with Crippen LogP contribution in [-0.4, -0.2) is 35.9 Å². The van der Waals surface area contributed by atoms with Gasteiger partial charge in [0.1, 0.15) is 0 Å². The van der Waals surface area contributed by atoms with E-state index in [2.05, 4.69) is 22.0 Å². The number of hydrogen-bond acceptors (Lipinski definition) is 5. The quantitative estimate of drug-likeness (QED) is 0.657. The molecule has 2 rings (SSSR count). The van der Waals surface area contributed by atoms with Gasteiger partial charge >= 0.3 is 11.9 Å². The summed E-state index contributed by atoms with van der Waals surface area (Å²) in [5.41, 5.74) is 1.48. The molecule has 20 heavy (non-hydrogen) atoms. The molecule has 0 amide bonds. The molecule has 102 valence electrons. The average molecular weight is 272 g/mol. The summed E-state index contributed by atoms with van der Waals surface area (Å²) in [7, 11) is 1.30. The van der Waals surface area contributed by atoms with E-state index in [1.165, 1.54) is 13.3 Å². The van der Waals surface area contributed by atoms with Crippen LogP contribution in [0.1, 0.15) is 22.8 Å². The van der Waals surface area contributed by atoms with Gasteiger partial charge in [0.2, 0.25) is 0 Å². The number of carbonyl (C=O) groups is 2. The lowest BCUT2D eigenvalue weighted by molar-refractivity contribution is -0.136. The first-order chi connectivity index (χ1) is 9.65. The zero-order valence-corrected chi connectivity index (χ0v) is 11.0. The van der Waals surface area contributed by atoms with E-state index in [0.717, 1.165) is 0 Å². The number of H-pyrrole nitrogens is 1. The summed E-state index contributed by atoms with van der Waals surface area (Å²) in [5.74, 6) is 3.89. The fraction of sp³-hybridized carbons (Fsp3) is 0.214. The Labute approximate surface area is 115 Å². The topological polar surface area (TPSA) is 81.3 Å². The molecule has 0 aliphatic rings. The number of aromatic amines is 1. The maximum Gasteiger partial charge on any atom is 0.384 e. The summed E-state index contributed by atoms with van der Waals surface area (Å²) >= 11 is 0. The van der Waals surface area contributed by atoms with Crippen LogP contribution in [-0.2, 0) is 14.3 Å². The lowest BCUT2D eigenvalue weighted by Crippen LogP contribution is -2.02. The molecule has 0 saturated heterocycles. The maximum atomic E-state index is 11.7. The first-order valence-corrected chi connectivity index (χ1v) is 5.90. The van der Waals surface area contributed by atoms with Crippen LogP contribution in [0.25, 0.3) is 10.9 Å². The number of methoxy groups -OCH3 is 1. The van der Waals surface area contributed by atoms with Gasteiger partial charge in [0.15, 0.2) is 0 Å². The molecule has 0 bridgehead atoms. The number of benzene rings is 1. The second-order valence-corrected chi connectivity index (χ2v) is 3.82. The van der Waals surface area contributed by atoms with E-state index in [1.54, 1.807) is 19.1 Å². The van der Waals surface area contributed by atoms with E-state index in [1.807, 2.05) is 0 Å². The van der Waals surface area contributed by atoms with E-state index in [-0.39, 0.29) is 6.61 Å². The van der Waals surface area contributed by atoms with Crippen molar-refractivity contribution in [2.75, 3.05) is 13.7 Å². The zero-order valence-electron chi connectivity index (χ0n) is 11.0. The standard InChI is InChI=1S/C14H12N2O4/c1-3-20-13(17)5-4-9-6-10(14(18)19-2)11-8-15-16-12(11)7-9/h6-8H,3H2,1-2H3,(H,15,16). The molecular weight excluding hydrogens is 260 g/mol. The normalized spacial score (nSPS) is 9.70. The Balaban J connectivity index is 2.45. The van der Waals surface area contributed by atoms with Crippen molar-refractivity contribution in [2.24, 2.45) is 0 Å². The van der Waals surface area contributed by atoms with Gasteiger partial charge in [0, 0.05) is 16.9 Å². The van der Waals surface area contributed by atoms with Crippen molar-refractivity contribution in [3.63, 3.8) is 0 Å². The number of ether oxygens (including phenoxy) is 2. The molecule has 1 aromatic carbocycles. The van der Waals surface area contributed by atoms with E-state index < -0.39 is 11.9 Å². The second kappa shape index (κ2) is 5.89. The third-order valence-corrected chi connectivity index (χ3v) is 2.55. The predicted octanol–water partition coefficient (Wildman–Crippen LogP) is 1.26. The summed E-state index contributed by atoms with van der Waals surface area (Å²) in [6, 6.07) is 3.25. The highest BCUT2D eigenvalue weighted by Gasteiger charge is 2.13. The molecule has 0 radical (unpaired) electrons. The third-order valence-electron chi connectivity index (χ3n) is 2.55. The Morgan fingerprint density at radius 3 is 2.90 bits per heavy atom. The fourth-order valence-electron chi connectivity index (χ4n) is 1.69. The molecule has 6 heteroatoms. The van der Waals surface area contributed by atoms with Crippen LogP contribution >= 0.6 is 0 Å². The molecule has 0 saturated carbocycles. The van der Waals surface area contributed by atoms with Gasteiger partial charge < -0.3 is 9.47 Å². The number of nitrogens with zero attached hydrogens (tertiary/aromatic N) is 1. The number of nitrogens with one attached hydrogen (secondary N) is 1. The van der Waals surface area contributed by atoms with E-state index in [9.17, 15) is 9.59 Å². The molecule has 6 nitrogen and oxygen atoms in total. The number of carbonyl (C=O) groups excluding carboxylic acids is 2. The minimum absolute atomic E-state index is 0.264. The first kappa shape index (κ1) is 13.6. The van der Waals surface area contributed by atoms with Crippen molar-refractivity contribution in [3.8, 4) is 11.8 Å². The minimum Gasteiger partial charge on any atom is -0.465 e. The molecule has 0 fully saturated rings. The molecule has 0 atom stereocenters. The molecule has 0 aliphatic carbocycles. The molecule has 1 heterocycles. The molecule has 0 spiro atoms. The Hall–Kier alpha value is -2.81. The maximum absolute atomic E-state index is 11.7. The Kier molecular flexibility index (Phi) is 4.01. The van der Waals surface area contributed by atoms with E-state index >= 15 is 0 Å². The predicted molar refractivity (Wildman–Crippen MR) is 70.9 cm³/mol. The third kappa shape index (κ3) is 2.78. The van der Waals surface area contributed by atoms with Crippen molar-refractivity contribution < 1.29 is 19.1 Å². The van der Waals surface area contributed by atoms with Crippen LogP contribution in [0.2, 0.25) is 0 Å². The summed E-state index contributed by atoms with van der Waals surface area (Å²) in [6.07, 6.45) is 1.53. The second-order valence-electron chi connectivity index (χ2n) is 3.82. The summed E-state index contributed by atoms with van der Waals surface area (Å²) in [4.78, 5) is 22.9. The van der Waals surface area contributed by atoms with Gasteiger partial charge in [-0.15, -0.1) is 0 Å². The molecule has 1 N–H and O–H groups in total. The number of esters is 2. The van der Waals surface area contributed by atoms with Crippen LogP contribution in [0.3, 0.4) is 0 Å². The summed E-state index contributed by atoms with van der Waals surface area (Å²) in [6.45, 7) is 1.96. The van der Waals surface area contributed by atoms with Gasteiger partial charge in [-0.3, -0.25) is 5.10 Å². The molecule has 1 aromatic heterocycles. The summed E-state index contributed by atoms with van der Waals surface area (Å²) < 4.78 is 9.42. The fourth-order valence-corrected chi connectivity index (χ4v) is 1.69. The Morgan fingerprint density at radius 1 is 1.40 bits per heavy atom. The van der Waals surface area contributed by atoms with Crippen LogP contribution in [0, 0.1) is 11.8 Å². The van der Waals surface area contributed by atoms with Crippen molar-refractivity contribution in [1.82, 2.24) is 10.2 Å². The zero-order chi connectivity index (χ0) is 14.5. The van der Waals surface area contributed by atoms with Crippen LogP contribution in [0.5, 0.6) is 0 Å². The largest absolute Gasteiger partial charge is 0.465 e. The Bertz CT molecular complexity index is 722. The van der Waals surface area contributed by atoms with Crippen molar-refractivity contribution in [1.29, 1.82) is 0 Å². The first-order valence-electron chi connectivity index (χ1n) is 5.90. The highest BCUT2D eigenvalue weighted by molar-refractivity contribution is 6.04. The van der Waals surface area contributed by atoms with Crippen LogP contribution in [0.15, 0.2) is 18.3 Å². The van der Waals surface area contributed by atoms with Gasteiger partial charge in [-0.05, 0) is 19.1 Å². The number of rotatable bonds is 2. The van der Waals surface area contributed by atoms with Crippen molar-refractivity contribution in [3.05, 3.63) is 29.5 Å². The smallest absolute Gasteiger partial charge is 0.384 e. The van der Waals surface area contributed by atoms with Crippen molar-refractivity contribution >= 4 is 22.8 Å². The lowest BCUT2D eigenvalue weighted by Gasteiger charge is -2.01. The molecule has 0 unspecified atom stereocenters. The van der Waals surface area contributed by atoms with Gasteiger partial charge in [-0.25, -0.2) is 9.59 Å². The SMILES string of the molecule is CCOC(=O)C#Cc1cc(C(=O)OC)c2cn[nH]c2c1. The van der Waals surface area contributed by atoms with Gasteiger partial charge in [0.05, 0.1) is 31.0 Å². The van der Waals surface area contributed by atoms with Gasteiger partial charge in [0.25, 0.3) is 0 Å². The van der Waals surface area contributed by atoms with Crippen LogP contribution < -0.4 is 0 Å². The monoisotopic (exact) mass is 272 g/mol. The van der Waals surface area contributed by atoms with Crippen molar-refractivity contribution in [2.45, 2.75) is 6.92 Å². The number of fused-ring (bicyclic) bond motifs is 1. The molecular formula is C14H12N2O4. The van der Waals surface area contributed by atoms with Gasteiger partial charge in [-0.1, -0.05) is 5.92 Å². The van der Waals surface area contributed by atoms with Gasteiger partial charge in [-0.2, -0.15) is 5.10 Å². The number of hydrogen-bond donors (Lipinski definition) is 1. The highest BCUT2D eigenvalue weighted by atomic mass is 16.5. The Morgan fingerprint density at radius 2 is 2.20 bits per heavy atom. The summed E-state index contributed by atoms with van der Waals surface area (Å²) in [5, 5.41) is 7.26. The molecule has 2 aromatic rings. The highest BCUT2D eigenvalue weighted by Crippen LogP contribution is 2.19. The van der Waals surface area contributed by atoms with E-state index in [4.69, 9.17) is 9.47 Å². The van der Waals surface area contributed by atoms with Crippen LogP contribution in [0.4, 0.5) is 0 Å². The van der Waals surface area contributed by atoms with E-state index in [0.29, 0.717) is 22.0 Å². The molecule has 0 aliphatic heterocycles. The average Bonchev–Trinajstić information content (AvgIpc) is 2.92. The lowest BCUT2D eigenvalue weighted by atomic mass is 10.1. The number of aromatic nitrogens is 2. The minimum atomic E-state index is -0.614.